The van der Waals surface area contributed by atoms with Crippen molar-refractivity contribution in [3.8, 4) is 0 Å². The van der Waals surface area contributed by atoms with Crippen LogP contribution in [0.4, 0.5) is 4.39 Å². The van der Waals surface area contributed by atoms with Crippen molar-refractivity contribution in [3.05, 3.63) is 35.1 Å². The van der Waals surface area contributed by atoms with E-state index in [2.05, 4.69) is 0 Å². The maximum atomic E-state index is 13.3. The number of carbonyl (C=O) groups is 1. The van der Waals surface area contributed by atoms with E-state index in [0.717, 1.165) is 5.56 Å². The van der Waals surface area contributed by atoms with E-state index < -0.39 is 5.82 Å². The Morgan fingerprint density at radius 2 is 2.20 bits per heavy atom. The van der Waals surface area contributed by atoms with E-state index in [0.29, 0.717) is 13.2 Å². The lowest BCUT2D eigenvalue weighted by atomic mass is 10.1. The second kappa shape index (κ2) is 5.61. The molecule has 3 heteroatoms. The van der Waals surface area contributed by atoms with Crippen LogP contribution in [0.15, 0.2) is 18.2 Å². The van der Waals surface area contributed by atoms with Gasteiger partial charge in [0, 0.05) is 13.0 Å². The maximum Gasteiger partial charge on any atom is 0.168 e. The first-order valence-corrected chi connectivity index (χ1v) is 5.02. The number of benzene rings is 1. The lowest BCUT2D eigenvalue weighted by molar-refractivity contribution is 0.0892. The third-order valence-corrected chi connectivity index (χ3v) is 2.10. The average Bonchev–Trinajstić information content (AvgIpc) is 2.22. The van der Waals surface area contributed by atoms with E-state index in [1.54, 1.807) is 12.1 Å². The highest BCUT2D eigenvalue weighted by molar-refractivity contribution is 5.96. The number of aryl methyl sites for hydroxylation is 1. The Balaban J connectivity index is 2.68. The van der Waals surface area contributed by atoms with Gasteiger partial charge in [0.15, 0.2) is 5.78 Å². The Hall–Kier alpha value is -1.22. The molecule has 0 saturated heterocycles. The summed E-state index contributed by atoms with van der Waals surface area (Å²) in [6.07, 6.45) is 0.230. The topological polar surface area (TPSA) is 26.3 Å². The molecule has 0 heterocycles. The van der Waals surface area contributed by atoms with E-state index in [1.807, 2.05) is 13.8 Å². The van der Waals surface area contributed by atoms with Crippen molar-refractivity contribution in [2.45, 2.75) is 20.3 Å². The van der Waals surface area contributed by atoms with Gasteiger partial charge in [0.25, 0.3) is 0 Å². The number of ether oxygens (including phenoxy) is 1. The third-order valence-electron chi connectivity index (χ3n) is 2.10. The van der Waals surface area contributed by atoms with Crippen LogP contribution in [0.25, 0.3) is 0 Å². The van der Waals surface area contributed by atoms with Gasteiger partial charge >= 0.3 is 0 Å². The number of hydrogen-bond donors (Lipinski definition) is 0. The van der Waals surface area contributed by atoms with E-state index in [-0.39, 0.29) is 17.8 Å². The molecule has 0 aliphatic rings. The van der Waals surface area contributed by atoms with Crippen molar-refractivity contribution in [2.24, 2.45) is 0 Å². The minimum absolute atomic E-state index is 0.162. The lowest BCUT2D eigenvalue weighted by Gasteiger charge is -2.04. The molecular formula is C12H15FO2. The fourth-order valence-corrected chi connectivity index (χ4v) is 1.30. The molecule has 0 spiro atoms. The molecule has 0 radical (unpaired) electrons. The molecule has 0 bridgehead atoms. The molecule has 0 atom stereocenters. The van der Waals surface area contributed by atoms with Gasteiger partial charge in [-0.1, -0.05) is 11.6 Å². The van der Waals surface area contributed by atoms with E-state index in [4.69, 9.17) is 4.74 Å². The van der Waals surface area contributed by atoms with Gasteiger partial charge < -0.3 is 4.74 Å². The van der Waals surface area contributed by atoms with Crippen LogP contribution in [-0.2, 0) is 4.74 Å². The van der Waals surface area contributed by atoms with Crippen LogP contribution < -0.4 is 0 Å². The molecule has 15 heavy (non-hydrogen) atoms. The molecular weight excluding hydrogens is 195 g/mol. The van der Waals surface area contributed by atoms with Gasteiger partial charge in [0.1, 0.15) is 5.82 Å². The molecule has 0 unspecified atom stereocenters. The van der Waals surface area contributed by atoms with Gasteiger partial charge in [0.05, 0.1) is 12.2 Å². The Bertz CT molecular complexity index is 347. The SMILES string of the molecule is CCOCCC(=O)c1cc(C)ccc1F. The Morgan fingerprint density at radius 3 is 2.87 bits per heavy atom. The second-order valence-electron chi connectivity index (χ2n) is 3.35. The minimum Gasteiger partial charge on any atom is -0.381 e. The highest BCUT2D eigenvalue weighted by Crippen LogP contribution is 2.12. The predicted octanol–water partition coefficient (Wildman–Crippen LogP) is 2.74. The summed E-state index contributed by atoms with van der Waals surface area (Å²) in [5, 5.41) is 0. The molecule has 1 rings (SSSR count). The molecule has 0 aliphatic carbocycles. The number of Topliss-reactive ketones (excluding diaryl/α,β-unsaturated/α-hetero) is 1. The quantitative estimate of drug-likeness (QED) is 0.551. The van der Waals surface area contributed by atoms with E-state index in [9.17, 15) is 9.18 Å². The normalized spacial score (nSPS) is 10.3. The molecule has 0 saturated carbocycles. The van der Waals surface area contributed by atoms with Crippen LogP contribution in [0.2, 0.25) is 0 Å². The van der Waals surface area contributed by atoms with Gasteiger partial charge in [-0.3, -0.25) is 4.79 Å². The van der Waals surface area contributed by atoms with Crippen molar-refractivity contribution in [1.82, 2.24) is 0 Å². The molecule has 2 nitrogen and oxygen atoms in total. The van der Waals surface area contributed by atoms with Crippen molar-refractivity contribution < 1.29 is 13.9 Å². The molecule has 82 valence electrons. The zero-order valence-corrected chi connectivity index (χ0v) is 9.05. The first-order chi connectivity index (χ1) is 7.15. The first kappa shape index (κ1) is 11.9. The number of hydrogen-bond acceptors (Lipinski definition) is 2. The predicted molar refractivity (Wildman–Crippen MR) is 56.6 cm³/mol. The Labute approximate surface area is 89.1 Å². The molecule has 0 fully saturated rings. The number of carbonyl (C=O) groups excluding carboxylic acids is 1. The number of ketones is 1. The van der Waals surface area contributed by atoms with Crippen LogP contribution in [-0.4, -0.2) is 19.0 Å². The highest BCUT2D eigenvalue weighted by atomic mass is 19.1. The molecule has 0 aliphatic heterocycles. The Kier molecular flexibility index (Phi) is 4.43. The fraction of sp³-hybridized carbons (Fsp3) is 0.417. The standard InChI is InChI=1S/C12H15FO2/c1-3-15-7-6-12(14)10-8-9(2)4-5-11(10)13/h4-5,8H,3,6-7H2,1-2H3. The van der Waals surface area contributed by atoms with Crippen LogP contribution in [0.3, 0.4) is 0 Å². The van der Waals surface area contributed by atoms with Gasteiger partial charge in [0.2, 0.25) is 0 Å². The van der Waals surface area contributed by atoms with Crippen LogP contribution in [0, 0.1) is 12.7 Å². The summed E-state index contributed by atoms with van der Waals surface area (Å²) in [5.41, 5.74) is 1.05. The number of halogens is 1. The van der Waals surface area contributed by atoms with E-state index >= 15 is 0 Å². The molecule has 0 N–H and O–H groups in total. The molecule has 1 aromatic carbocycles. The number of rotatable bonds is 5. The smallest absolute Gasteiger partial charge is 0.168 e. The van der Waals surface area contributed by atoms with Gasteiger partial charge in [-0.05, 0) is 26.0 Å². The first-order valence-electron chi connectivity index (χ1n) is 5.02. The van der Waals surface area contributed by atoms with E-state index in [1.165, 1.54) is 6.07 Å². The molecule has 0 aromatic heterocycles. The van der Waals surface area contributed by atoms with Gasteiger partial charge in [-0.15, -0.1) is 0 Å². The summed E-state index contributed by atoms with van der Waals surface area (Å²) in [7, 11) is 0. The van der Waals surface area contributed by atoms with Crippen LogP contribution in [0.5, 0.6) is 0 Å². The zero-order chi connectivity index (χ0) is 11.3. The lowest BCUT2D eigenvalue weighted by Crippen LogP contribution is -2.07. The van der Waals surface area contributed by atoms with Gasteiger partial charge in [-0.2, -0.15) is 0 Å². The highest BCUT2D eigenvalue weighted by Gasteiger charge is 2.11. The monoisotopic (exact) mass is 210 g/mol. The van der Waals surface area contributed by atoms with Crippen molar-refractivity contribution in [1.29, 1.82) is 0 Å². The minimum atomic E-state index is -0.456. The molecule has 0 amide bonds. The van der Waals surface area contributed by atoms with Gasteiger partial charge in [-0.25, -0.2) is 4.39 Å². The van der Waals surface area contributed by atoms with Crippen molar-refractivity contribution >= 4 is 5.78 Å². The average molecular weight is 210 g/mol. The summed E-state index contributed by atoms with van der Waals surface area (Å²) in [6, 6.07) is 4.54. The van der Waals surface area contributed by atoms with Crippen LogP contribution in [0.1, 0.15) is 29.3 Å². The zero-order valence-electron chi connectivity index (χ0n) is 9.05. The van der Waals surface area contributed by atoms with Crippen LogP contribution >= 0.6 is 0 Å². The molecule has 1 aromatic rings. The van der Waals surface area contributed by atoms with Crippen molar-refractivity contribution in [2.75, 3.05) is 13.2 Å². The summed E-state index contributed by atoms with van der Waals surface area (Å²) >= 11 is 0. The third kappa shape index (κ3) is 3.44. The summed E-state index contributed by atoms with van der Waals surface area (Å²) in [6.45, 7) is 4.61. The maximum absolute atomic E-state index is 13.3. The fourth-order valence-electron chi connectivity index (χ4n) is 1.30. The Morgan fingerprint density at radius 1 is 1.47 bits per heavy atom. The summed E-state index contributed by atoms with van der Waals surface area (Å²) in [4.78, 5) is 11.6. The largest absolute Gasteiger partial charge is 0.381 e. The van der Waals surface area contributed by atoms with Crippen molar-refractivity contribution in [3.63, 3.8) is 0 Å². The summed E-state index contributed by atoms with van der Waals surface area (Å²) in [5.74, 6) is -0.660. The summed E-state index contributed by atoms with van der Waals surface area (Å²) < 4.78 is 18.3. The second-order valence-corrected chi connectivity index (χ2v) is 3.35.